The van der Waals surface area contributed by atoms with Gasteiger partial charge < -0.3 is 21.3 Å². The number of aliphatic carboxylic acids is 2. The average Bonchev–Trinajstić information content (AvgIpc) is 2.42. The molecule has 0 aromatic carbocycles. The van der Waals surface area contributed by atoms with Crippen LogP contribution in [0.3, 0.4) is 0 Å². The third kappa shape index (κ3) is 10.3. The van der Waals surface area contributed by atoms with Crippen LogP contribution in [0.15, 0.2) is 0 Å². The van der Waals surface area contributed by atoms with Crippen molar-refractivity contribution in [1.29, 1.82) is 0 Å². The van der Waals surface area contributed by atoms with E-state index in [9.17, 15) is 24.0 Å². The highest BCUT2D eigenvalue weighted by Gasteiger charge is 2.27. The number of carbonyl (C=O) groups is 5. The highest BCUT2D eigenvalue weighted by atomic mass is 32.2. The van der Waals surface area contributed by atoms with Crippen molar-refractivity contribution in [3.8, 4) is 0 Å². The van der Waals surface area contributed by atoms with Crippen LogP contribution in [0.1, 0.15) is 19.8 Å². The van der Waals surface area contributed by atoms with Gasteiger partial charge >= 0.3 is 11.9 Å². The van der Waals surface area contributed by atoms with Crippen molar-refractivity contribution in [3.63, 3.8) is 0 Å². The molecule has 0 aromatic heterocycles. The van der Waals surface area contributed by atoms with Crippen LogP contribution in [0.25, 0.3) is 0 Å². The molecule has 0 radical (unpaired) electrons. The minimum absolute atomic E-state index is 0.0822. The molecule has 130 valence electrons. The fourth-order valence-electron chi connectivity index (χ4n) is 1.49. The SMILES string of the molecule is CC(=O)SCC(N[C@@H](CCC(N)=O)C(=O)O)C(=O)NCC(=O)O. The summed E-state index contributed by atoms with van der Waals surface area (Å²) in [7, 11) is 0. The van der Waals surface area contributed by atoms with Gasteiger partial charge in [0.2, 0.25) is 11.8 Å². The monoisotopic (exact) mass is 349 g/mol. The Bertz CT molecular complexity index is 483. The Balaban J connectivity index is 4.88. The summed E-state index contributed by atoms with van der Waals surface area (Å²) in [4.78, 5) is 55.3. The molecule has 0 aliphatic carbocycles. The minimum Gasteiger partial charge on any atom is -0.480 e. The number of amides is 2. The number of carboxylic acids is 2. The molecule has 0 bridgehead atoms. The van der Waals surface area contributed by atoms with Gasteiger partial charge in [-0.25, -0.2) is 0 Å². The highest BCUT2D eigenvalue weighted by Crippen LogP contribution is 2.07. The first-order valence-electron chi connectivity index (χ1n) is 6.53. The molecule has 0 aliphatic heterocycles. The van der Waals surface area contributed by atoms with Crippen LogP contribution < -0.4 is 16.4 Å². The second-order valence-electron chi connectivity index (χ2n) is 4.53. The molecule has 2 atom stereocenters. The Labute approximate surface area is 136 Å². The fraction of sp³-hybridized carbons (Fsp3) is 0.583. The lowest BCUT2D eigenvalue weighted by Crippen LogP contribution is -2.53. The van der Waals surface area contributed by atoms with Crippen molar-refractivity contribution in [2.45, 2.75) is 31.8 Å². The first-order chi connectivity index (χ1) is 10.6. The van der Waals surface area contributed by atoms with Crippen LogP contribution >= 0.6 is 11.8 Å². The number of hydrogen-bond acceptors (Lipinski definition) is 7. The maximum absolute atomic E-state index is 11.9. The van der Waals surface area contributed by atoms with E-state index in [1.165, 1.54) is 6.92 Å². The van der Waals surface area contributed by atoms with Crippen molar-refractivity contribution in [3.05, 3.63) is 0 Å². The molecule has 10 nitrogen and oxygen atoms in total. The topological polar surface area (TPSA) is 176 Å². The largest absolute Gasteiger partial charge is 0.480 e. The number of nitrogens with two attached hydrogens (primary N) is 1. The van der Waals surface area contributed by atoms with Crippen LogP contribution in [-0.2, 0) is 24.0 Å². The lowest BCUT2D eigenvalue weighted by atomic mass is 10.1. The van der Waals surface area contributed by atoms with Crippen molar-refractivity contribution in [1.82, 2.24) is 10.6 Å². The van der Waals surface area contributed by atoms with Crippen molar-refractivity contribution < 1.29 is 34.2 Å². The second-order valence-corrected chi connectivity index (χ2v) is 5.73. The number of thioether (sulfide) groups is 1. The summed E-state index contributed by atoms with van der Waals surface area (Å²) >= 11 is 0.786. The van der Waals surface area contributed by atoms with E-state index >= 15 is 0 Å². The smallest absolute Gasteiger partial charge is 0.322 e. The third-order valence-corrected chi connectivity index (χ3v) is 3.47. The molecule has 0 aromatic rings. The van der Waals surface area contributed by atoms with Gasteiger partial charge in [-0.05, 0) is 6.42 Å². The number of rotatable bonds is 11. The third-order valence-electron chi connectivity index (χ3n) is 2.56. The zero-order valence-electron chi connectivity index (χ0n) is 12.4. The van der Waals surface area contributed by atoms with Crippen molar-refractivity contribution >= 4 is 40.6 Å². The molecule has 0 spiro atoms. The van der Waals surface area contributed by atoms with Crippen LogP contribution in [-0.4, -0.2) is 63.5 Å². The van der Waals surface area contributed by atoms with E-state index in [4.69, 9.17) is 15.9 Å². The highest BCUT2D eigenvalue weighted by molar-refractivity contribution is 8.13. The van der Waals surface area contributed by atoms with E-state index in [0.717, 1.165) is 11.8 Å². The molecular weight excluding hydrogens is 330 g/mol. The molecule has 0 fully saturated rings. The Kier molecular flexibility index (Phi) is 9.58. The Morgan fingerprint density at radius 3 is 2.17 bits per heavy atom. The standard InChI is InChI=1S/C12H19N3O7S/c1-6(16)23-5-8(11(20)14-4-10(18)19)15-7(12(21)22)2-3-9(13)17/h7-8,15H,2-5H2,1H3,(H2,13,17)(H,14,20)(H,18,19)(H,21,22)/t7-,8?/m0/s1. The fourth-order valence-corrected chi connectivity index (χ4v) is 2.14. The number of nitrogens with one attached hydrogen (secondary N) is 2. The maximum atomic E-state index is 11.9. The normalized spacial score (nSPS) is 12.9. The van der Waals surface area contributed by atoms with Gasteiger partial charge in [-0.1, -0.05) is 11.8 Å². The number of carboxylic acid groups (broad SMARTS) is 2. The molecule has 0 heterocycles. The van der Waals surface area contributed by atoms with E-state index in [1.807, 2.05) is 0 Å². The summed E-state index contributed by atoms with van der Waals surface area (Å²) in [6.07, 6.45) is -0.342. The summed E-state index contributed by atoms with van der Waals surface area (Å²) in [6, 6.07) is -2.35. The average molecular weight is 349 g/mol. The van der Waals surface area contributed by atoms with E-state index in [-0.39, 0.29) is 23.7 Å². The van der Waals surface area contributed by atoms with Gasteiger partial charge in [0, 0.05) is 19.1 Å². The maximum Gasteiger partial charge on any atom is 0.322 e. The van der Waals surface area contributed by atoms with E-state index in [0.29, 0.717) is 0 Å². The molecule has 1 unspecified atom stereocenters. The second kappa shape index (κ2) is 10.6. The van der Waals surface area contributed by atoms with Gasteiger partial charge in [0.05, 0.1) is 6.04 Å². The Hall–Kier alpha value is -2.14. The summed E-state index contributed by atoms with van der Waals surface area (Å²) < 4.78 is 0. The van der Waals surface area contributed by atoms with Crippen molar-refractivity contribution in [2.24, 2.45) is 5.73 Å². The van der Waals surface area contributed by atoms with Crippen LogP contribution in [0, 0.1) is 0 Å². The molecule has 11 heteroatoms. The Morgan fingerprint density at radius 2 is 1.74 bits per heavy atom. The molecule has 0 saturated heterocycles. The van der Waals surface area contributed by atoms with Crippen LogP contribution in [0.5, 0.6) is 0 Å². The van der Waals surface area contributed by atoms with Crippen LogP contribution in [0.4, 0.5) is 0 Å². The molecule has 23 heavy (non-hydrogen) atoms. The summed E-state index contributed by atoms with van der Waals surface area (Å²) in [5, 5.41) is 22.0. The number of hydrogen-bond donors (Lipinski definition) is 5. The molecule has 2 amide bonds. The molecule has 0 aliphatic rings. The zero-order valence-corrected chi connectivity index (χ0v) is 13.2. The van der Waals surface area contributed by atoms with Gasteiger partial charge in [0.25, 0.3) is 0 Å². The lowest BCUT2D eigenvalue weighted by Gasteiger charge is -2.21. The summed E-state index contributed by atoms with van der Waals surface area (Å²) in [6.45, 7) is 0.638. The summed E-state index contributed by atoms with van der Waals surface area (Å²) in [5.74, 6) is -4.09. The first kappa shape index (κ1) is 20.9. The number of primary amides is 1. The van der Waals surface area contributed by atoms with Crippen LogP contribution in [0.2, 0.25) is 0 Å². The molecular formula is C12H19N3O7S. The van der Waals surface area contributed by atoms with Gasteiger partial charge in [-0.2, -0.15) is 0 Å². The quantitative estimate of drug-likeness (QED) is 0.286. The van der Waals surface area contributed by atoms with Gasteiger partial charge in [-0.3, -0.25) is 29.3 Å². The zero-order chi connectivity index (χ0) is 18.0. The lowest BCUT2D eigenvalue weighted by molar-refractivity contribution is -0.141. The van der Waals surface area contributed by atoms with E-state index in [1.54, 1.807) is 0 Å². The van der Waals surface area contributed by atoms with Gasteiger partial charge in [0.15, 0.2) is 5.12 Å². The summed E-state index contributed by atoms with van der Waals surface area (Å²) in [5.41, 5.74) is 4.96. The molecule has 0 rings (SSSR count). The van der Waals surface area contributed by atoms with E-state index in [2.05, 4.69) is 10.6 Å². The predicted octanol–water partition coefficient (Wildman–Crippen LogP) is -1.86. The van der Waals surface area contributed by atoms with Gasteiger partial charge in [-0.15, -0.1) is 0 Å². The van der Waals surface area contributed by atoms with E-state index < -0.39 is 42.4 Å². The number of carbonyl (C=O) groups excluding carboxylic acids is 3. The van der Waals surface area contributed by atoms with Gasteiger partial charge in [0.1, 0.15) is 12.6 Å². The first-order valence-corrected chi connectivity index (χ1v) is 7.52. The molecule has 0 saturated carbocycles. The van der Waals surface area contributed by atoms with Crippen molar-refractivity contribution in [2.75, 3.05) is 12.3 Å². The Morgan fingerprint density at radius 1 is 1.13 bits per heavy atom. The predicted molar refractivity (Wildman–Crippen MR) is 80.6 cm³/mol. The molecule has 6 N–H and O–H groups in total. The minimum atomic E-state index is -1.30.